The first-order chi connectivity index (χ1) is 72.1. The first kappa shape index (κ1) is 110. The van der Waals surface area contributed by atoms with Crippen LogP contribution in [0.2, 0.25) is 0 Å². The number of phosphoric ester groups is 1. The van der Waals surface area contributed by atoms with Gasteiger partial charge >= 0.3 is 97.4 Å². The molecule has 0 unspecified atom stereocenters. The van der Waals surface area contributed by atoms with Crippen molar-refractivity contribution in [3.63, 3.8) is 0 Å². The molecule has 0 amide bonds. The van der Waals surface area contributed by atoms with Crippen LogP contribution in [0, 0.1) is 0 Å². The van der Waals surface area contributed by atoms with Crippen LogP contribution >= 0.6 is 7.82 Å². The Morgan fingerprint density at radius 3 is 0.660 bits per heavy atom. The van der Waals surface area contributed by atoms with Crippen molar-refractivity contribution in [3.8, 4) is 0 Å². The Balaban J connectivity index is 1.03. The van der Waals surface area contributed by atoms with Crippen LogP contribution in [0.3, 0.4) is 0 Å². The minimum atomic E-state index is -5.93. The number of hydrogen-bond acceptors (Lipinski definition) is 42. The van der Waals surface area contributed by atoms with E-state index < -0.39 is 284 Å². The highest BCUT2D eigenvalue weighted by molar-refractivity contribution is 7.46. The quantitative estimate of drug-likeness (QED) is 0.0185. The van der Waals surface area contributed by atoms with Gasteiger partial charge < -0.3 is 129 Å². The Hall–Kier alpha value is -15.3. The first-order valence-electron chi connectivity index (χ1n) is 46.6. The van der Waals surface area contributed by atoms with Gasteiger partial charge in [-0.2, -0.15) is 0 Å². The van der Waals surface area contributed by atoms with E-state index in [1.54, 1.807) is 18.2 Å². The number of ether oxygens (including phenoxy) is 24. The fourth-order valence-corrected chi connectivity index (χ4v) is 16.9. The minimum Gasteiger partial charge on any atom is -0.463 e. The molecule has 0 bridgehead atoms. The molecule has 0 saturated carbocycles. The van der Waals surface area contributed by atoms with E-state index in [-0.39, 0.29) is 50.1 Å². The summed E-state index contributed by atoms with van der Waals surface area (Å²) in [6.07, 6.45) is -60.4. The van der Waals surface area contributed by atoms with Gasteiger partial charge in [-0.15, -0.1) is 0 Å². The fraction of sp³-hybridized carbons (Fsp3) is 0.343. The Morgan fingerprint density at radius 1 is 0.213 bits per heavy atom. The van der Waals surface area contributed by atoms with Crippen molar-refractivity contribution in [2.24, 2.45) is 0 Å². The summed E-state index contributed by atoms with van der Waals surface area (Å²) in [5, 5.41) is 12.5. The van der Waals surface area contributed by atoms with E-state index in [2.05, 4.69) is 0 Å². The van der Waals surface area contributed by atoms with Crippen molar-refractivity contribution in [1.82, 2.24) is 0 Å². The van der Waals surface area contributed by atoms with Gasteiger partial charge in [0.2, 0.25) is 0 Å². The molecule has 3 N–H and O–H groups in total. The third kappa shape index (κ3) is 29.7. The van der Waals surface area contributed by atoms with E-state index in [0.29, 0.717) is 0 Å². The minimum absolute atomic E-state index is 0.0846. The third-order valence-corrected chi connectivity index (χ3v) is 23.7. The summed E-state index contributed by atoms with van der Waals surface area (Å²) < 4.78 is 173. The molecule has 9 aromatic rings. The average molecular weight is 2100 g/mol. The summed E-state index contributed by atoms with van der Waals surface area (Å²) in [7, 11) is -5.93. The van der Waals surface area contributed by atoms with Gasteiger partial charge in [-0.05, 0) is 109 Å². The SMILES string of the molecule is CC(=O)OC[C@H]1O[C@@H](O[C@H]2[C@@H](OC(C)=O)[C@@H](COC(C)=O)O[C@@H](O[C@H]3[C@@H](OC(=O)c4ccccc4)[C@@H](COC(=O)c4ccccc4)O[C@@H](O[C@H]4[C@@H](OC(=O)c5ccccc5)[C@@H](COP(=O)(O)O)O[C@@H](O[C@H]5[C@H](OC(=O)c6ccccc6)[C@H](OC(=O)c6ccccc6)[C@@H](O)O[C@@H]5COC(=O)c5ccccc5)[C@@H]4OC(=O)c4ccccc4)[C@@H]3OC(=O)c3ccccc3)[C@@H]2OC(=O)c2ccccc2)[C@H](OC(C)=O)[C@@H](OC(C)=O)[C@H]1OC(C)=O. The lowest BCUT2D eigenvalue weighted by atomic mass is 9.94. The Morgan fingerprint density at radius 2 is 0.400 bits per heavy atom. The second-order valence-electron chi connectivity index (χ2n) is 33.9. The lowest BCUT2D eigenvalue weighted by Crippen LogP contribution is -2.70. The normalized spacial score (nSPS) is 26.4. The molecule has 5 saturated heterocycles. The predicted octanol–water partition coefficient (Wildman–Crippen LogP) is 8.40. The van der Waals surface area contributed by atoms with Crippen molar-refractivity contribution >= 4 is 97.4 Å². The molecule has 5 heterocycles. The molecular formula is C105H101O44P. The largest absolute Gasteiger partial charge is 0.469 e. The summed E-state index contributed by atoms with van der Waals surface area (Å²) in [5.74, 6) is -18.5. The van der Waals surface area contributed by atoms with Gasteiger partial charge in [0.25, 0.3) is 0 Å². The number of esters is 15. The smallest absolute Gasteiger partial charge is 0.463 e. The maximum absolute atomic E-state index is 16.1. The van der Waals surface area contributed by atoms with Crippen molar-refractivity contribution in [2.45, 2.75) is 195 Å². The predicted molar refractivity (Wildman–Crippen MR) is 501 cm³/mol. The molecule has 45 heteroatoms. The summed E-state index contributed by atoms with van der Waals surface area (Å²) >= 11 is 0. The van der Waals surface area contributed by atoms with E-state index in [9.17, 15) is 62.6 Å². The van der Waals surface area contributed by atoms with Crippen LogP contribution in [0.4, 0.5) is 0 Å². The molecule has 0 radical (unpaired) electrons. The zero-order valence-electron chi connectivity index (χ0n) is 80.5. The molecule has 9 aromatic carbocycles. The summed E-state index contributed by atoms with van der Waals surface area (Å²) in [6.45, 7) is -0.399. The molecule has 5 aliphatic rings. The van der Waals surface area contributed by atoms with Gasteiger partial charge in [-0.1, -0.05) is 164 Å². The zero-order valence-corrected chi connectivity index (χ0v) is 81.4. The average Bonchev–Trinajstić information content (AvgIpc) is 0.748. The van der Waals surface area contributed by atoms with E-state index in [1.807, 2.05) is 0 Å². The first-order valence-corrected chi connectivity index (χ1v) is 48.1. The molecule has 5 aliphatic heterocycles. The molecule has 150 heavy (non-hydrogen) atoms. The molecule has 0 aromatic heterocycles. The van der Waals surface area contributed by atoms with Crippen LogP contribution in [-0.2, 0) is 152 Å². The van der Waals surface area contributed by atoms with E-state index in [0.717, 1.165) is 41.5 Å². The lowest BCUT2D eigenvalue weighted by Gasteiger charge is -2.52. The van der Waals surface area contributed by atoms with Crippen LogP contribution in [0.25, 0.3) is 0 Å². The number of carbonyl (C=O) groups excluding carboxylic acids is 15. The number of aliphatic hydroxyl groups is 1. The van der Waals surface area contributed by atoms with Crippen LogP contribution in [-0.4, -0.2) is 291 Å². The lowest BCUT2D eigenvalue weighted by molar-refractivity contribution is -0.392. The maximum Gasteiger partial charge on any atom is 0.469 e. The number of benzene rings is 9. The van der Waals surface area contributed by atoms with Crippen LogP contribution in [0.5, 0.6) is 0 Å². The molecular weight excluding hydrogens is 2000 g/mol. The van der Waals surface area contributed by atoms with Gasteiger partial charge in [0.15, 0.2) is 98.6 Å². The van der Waals surface area contributed by atoms with Gasteiger partial charge in [0, 0.05) is 41.5 Å². The second kappa shape index (κ2) is 52.1. The van der Waals surface area contributed by atoms with Crippen LogP contribution in [0.1, 0.15) is 135 Å². The monoisotopic (exact) mass is 2100 g/mol. The number of carbonyl (C=O) groups is 15. The van der Waals surface area contributed by atoms with Gasteiger partial charge in [-0.25, -0.2) is 47.7 Å². The van der Waals surface area contributed by atoms with Crippen molar-refractivity contribution < 1.29 is 210 Å². The summed E-state index contributed by atoms with van der Waals surface area (Å²) in [6, 6.07) is 62.0. The topological polar surface area (TPSA) is 565 Å². The molecule has 14 rings (SSSR count). The number of aliphatic hydroxyl groups excluding tert-OH is 1. The van der Waals surface area contributed by atoms with Gasteiger partial charge in [0.1, 0.15) is 81.4 Å². The number of hydrogen-bond donors (Lipinski definition) is 3. The molecule has 790 valence electrons. The summed E-state index contributed by atoms with van der Waals surface area (Å²) in [4.78, 5) is 241. The van der Waals surface area contributed by atoms with Crippen LogP contribution < -0.4 is 0 Å². The Kier molecular flexibility index (Phi) is 38.3. The highest BCUT2D eigenvalue weighted by Crippen LogP contribution is 2.45. The molecule has 5 fully saturated rings. The molecule has 0 aliphatic carbocycles. The highest BCUT2D eigenvalue weighted by Gasteiger charge is 2.64. The molecule has 0 spiro atoms. The van der Waals surface area contributed by atoms with Crippen molar-refractivity contribution in [2.75, 3.05) is 33.0 Å². The van der Waals surface area contributed by atoms with E-state index >= 15 is 28.8 Å². The zero-order chi connectivity index (χ0) is 107. The number of rotatable bonds is 39. The third-order valence-electron chi connectivity index (χ3n) is 23.2. The van der Waals surface area contributed by atoms with Crippen molar-refractivity contribution in [1.29, 1.82) is 0 Å². The van der Waals surface area contributed by atoms with E-state index in [1.165, 1.54) is 255 Å². The molecule has 44 nitrogen and oxygen atoms in total. The maximum atomic E-state index is 16.1. The van der Waals surface area contributed by atoms with E-state index in [4.69, 9.17) is 118 Å². The van der Waals surface area contributed by atoms with Gasteiger partial charge in [-0.3, -0.25) is 33.3 Å². The summed E-state index contributed by atoms with van der Waals surface area (Å²) in [5.41, 5.74) is -2.34. The van der Waals surface area contributed by atoms with Crippen LogP contribution in [0.15, 0.2) is 273 Å². The van der Waals surface area contributed by atoms with Gasteiger partial charge in [0.05, 0.1) is 56.7 Å². The Bertz CT molecular complexity index is 6200. The second-order valence-corrected chi connectivity index (χ2v) is 35.1. The fourth-order valence-electron chi connectivity index (χ4n) is 16.6. The standard InChI is InChI=1S/C105H101O44P/c1-57(106)125-52-73-77(130-59(3)108)83(132-61(5)110)88(133-62(6)111)102(135-73)147-84-78(131-60(4)109)74(53-126-58(2)107)136-104(89(84)143-98(118)69-46-28-13-29-47-69)148-85-79(139-94(114)65-38-20-9-21-39-65)75(55-128-93(113)64-36-18-8-19-37-64)137-105(91(85)145-100(120)71-50-32-15-33-51-71)149-86-80(140-95(115)66-40-22-10-23-41-66)76(56-129-150(122,123)124)138-103(90(86)144-99(119)70-48-30-14-31-49-70)146-81-72(54-127-92(112)63-34-16-7-17-35-63)134-101(121)87(142-97(117)68-44-26-12-27-45-68)82(81)141-96(116)67-42-24-11-25-43-67/h7-51,72-91,101-105,121H,52-56H2,1-6H3,(H2,122,123,124)/t72-,73-,74-,75-,76-,77+,78+,79+,80+,81-,82+,83+,84+,85+,86+,87+,88-,89-,90-,91-,101+,102+,103+,104+,105+/m1/s1. The highest BCUT2D eigenvalue weighted by atomic mass is 31.2. The number of phosphoric acid groups is 1. The van der Waals surface area contributed by atoms with Crippen molar-refractivity contribution in [3.05, 3.63) is 323 Å². The molecule has 25 atom stereocenters. The Labute approximate surface area is 854 Å².